The summed E-state index contributed by atoms with van der Waals surface area (Å²) in [6.45, 7) is 17.4. The molecule has 0 unspecified atom stereocenters. The number of nitrogens with zero attached hydrogens (tertiary/aromatic N) is 4. The number of alkyl halides is 3. The van der Waals surface area contributed by atoms with Crippen molar-refractivity contribution >= 4 is 35.1 Å². The molecule has 3 aromatic rings. The van der Waals surface area contributed by atoms with Gasteiger partial charge in [0.15, 0.2) is 0 Å². The van der Waals surface area contributed by atoms with Crippen LogP contribution in [0.2, 0.25) is 0 Å². The van der Waals surface area contributed by atoms with Crippen LogP contribution in [0.3, 0.4) is 0 Å². The molecule has 6 rings (SSSR count). The van der Waals surface area contributed by atoms with Gasteiger partial charge < -0.3 is 33.0 Å². The molecule has 1 atom stereocenters. The molecule has 14 heteroatoms. The van der Waals surface area contributed by atoms with E-state index >= 15 is 0 Å². The van der Waals surface area contributed by atoms with Crippen molar-refractivity contribution in [1.29, 1.82) is 0 Å². The SMILES string of the molecule is CO[C@@H](C)c1ncc(N2CCN(CC(F)(F)F)CC2)cc1-c1c(CC(C)(C)COC(C)=O)c2cc(B3OC(C)(C)C(C)(C)O3)cc3c2n1CCO3. The zero-order valence-electron chi connectivity index (χ0n) is 31.2. The number of anilines is 1. The highest BCUT2D eigenvalue weighted by Gasteiger charge is 2.52. The van der Waals surface area contributed by atoms with Gasteiger partial charge in [-0.2, -0.15) is 13.2 Å². The van der Waals surface area contributed by atoms with Gasteiger partial charge in [0.1, 0.15) is 12.4 Å². The third-order valence-electron chi connectivity index (χ3n) is 10.7. The van der Waals surface area contributed by atoms with E-state index in [9.17, 15) is 18.0 Å². The van der Waals surface area contributed by atoms with E-state index in [1.54, 1.807) is 13.3 Å². The van der Waals surface area contributed by atoms with Crippen molar-refractivity contribution in [3.05, 3.63) is 35.7 Å². The Balaban J connectivity index is 1.52. The van der Waals surface area contributed by atoms with Gasteiger partial charge in [-0.05, 0) is 64.2 Å². The van der Waals surface area contributed by atoms with E-state index in [2.05, 4.69) is 35.4 Å². The fourth-order valence-electron chi connectivity index (χ4n) is 7.23. The lowest BCUT2D eigenvalue weighted by Gasteiger charge is -2.36. The lowest BCUT2D eigenvalue weighted by Crippen LogP contribution is -2.49. The van der Waals surface area contributed by atoms with Crippen LogP contribution in [0.1, 0.15) is 72.8 Å². The fourth-order valence-corrected chi connectivity index (χ4v) is 7.23. The van der Waals surface area contributed by atoms with Crippen LogP contribution in [0.4, 0.5) is 18.9 Å². The van der Waals surface area contributed by atoms with Crippen LogP contribution in [-0.2, 0) is 36.5 Å². The first-order chi connectivity index (χ1) is 23.8. The number of benzene rings is 1. The number of methoxy groups -OCH3 is 1. The van der Waals surface area contributed by atoms with Gasteiger partial charge in [-0.3, -0.25) is 14.7 Å². The van der Waals surface area contributed by atoms with Crippen molar-refractivity contribution in [2.45, 2.75) is 91.8 Å². The summed E-state index contributed by atoms with van der Waals surface area (Å²) in [5.74, 6) is 0.380. The summed E-state index contributed by atoms with van der Waals surface area (Å²) >= 11 is 0. The van der Waals surface area contributed by atoms with Crippen LogP contribution < -0.4 is 15.1 Å². The Labute approximate surface area is 298 Å². The molecule has 2 aromatic heterocycles. The molecule has 3 aliphatic heterocycles. The average molecular weight is 715 g/mol. The molecule has 0 spiro atoms. The second-order valence-electron chi connectivity index (χ2n) is 15.8. The zero-order chi connectivity index (χ0) is 37.1. The summed E-state index contributed by atoms with van der Waals surface area (Å²) in [6.07, 6.45) is -2.25. The monoisotopic (exact) mass is 714 g/mol. The summed E-state index contributed by atoms with van der Waals surface area (Å²) in [4.78, 5) is 20.4. The van der Waals surface area contributed by atoms with Crippen LogP contribution in [0.15, 0.2) is 24.4 Å². The highest BCUT2D eigenvalue weighted by atomic mass is 19.4. The Morgan fingerprint density at radius 3 is 2.31 bits per heavy atom. The number of halogens is 3. The number of piperazine rings is 1. The van der Waals surface area contributed by atoms with E-state index in [4.69, 9.17) is 28.5 Å². The van der Waals surface area contributed by atoms with Gasteiger partial charge in [-0.15, -0.1) is 0 Å². The Hall–Kier alpha value is -3.33. The molecule has 51 heavy (non-hydrogen) atoms. The number of carbonyl (C=O) groups excluding carboxylic acids is 1. The first kappa shape index (κ1) is 37.4. The number of hydrogen-bond acceptors (Lipinski definition) is 9. The van der Waals surface area contributed by atoms with Gasteiger partial charge >= 0.3 is 19.3 Å². The van der Waals surface area contributed by atoms with Gasteiger partial charge in [0.05, 0.1) is 65.8 Å². The molecule has 278 valence electrons. The Bertz CT molecular complexity index is 1770. The quantitative estimate of drug-likeness (QED) is 0.188. The van der Waals surface area contributed by atoms with Gasteiger partial charge in [-0.1, -0.05) is 19.9 Å². The first-order valence-corrected chi connectivity index (χ1v) is 17.7. The number of hydrogen-bond donors (Lipinski definition) is 0. The van der Waals surface area contributed by atoms with E-state index in [1.807, 2.05) is 40.7 Å². The number of aromatic nitrogens is 2. The Morgan fingerprint density at radius 1 is 1.04 bits per heavy atom. The Morgan fingerprint density at radius 2 is 1.71 bits per heavy atom. The average Bonchev–Trinajstić information content (AvgIpc) is 3.47. The molecule has 1 aromatic carbocycles. The lowest BCUT2D eigenvalue weighted by molar-refractivity contribution is -0.146. The molecule has 10 nitrogen and oxygen atoms in total. The normalized spacial score (nSPS) is 19.8. The minimum Gasteiger partial charge on any atom is -0.490 e. The molecule has 0 radical (unpaired) electrons. The molecule has 2 saturated heterocycles. The fraction of sp³-hybridized carbons (Fsp3) is 0.622. The third kappa shape index (κ3) is 7.61. The first-order valence-electron chi connectivity index (χ1n) is 17.7. The molecule has 0 saturated carbocycles. The number of rotatable bonds is 10. The topological polar surface area (TPSA) is 87.5 Å². The maximum Gasteiger partial charge on any atom is 0.494 e. The van der Waals surface area contributed by atoms with E-state index < -0.39 is 36.5 Å². The summed E-state index contributed by atoms with van der Waals surface area (Å²) in [7, 11) is 1.04. The van der Waals surface area contributed by atoms with Crippen molar-refractivity contribution in [2.75, 3.05) is 57.9 Å². The van der Waals surface area contributed by atoms with Gasteiger partial charge in [0.25, 0.3) is 0 Å². The third-order valence-corrected chi connectivity index (χ3v) is 10.7. The van der Waals surface area contributed by atoms with E-state index in [0.29, 0.717) is 45.8 Å². The number of ether oxygens (including phenoxy) is 3. The van der Waals surface area contributed by atoms with Crippen LogP contribution in [0, 0.1) is 5.41 Å². The summed E-state index contributed by atoms with van der Waals surface area (Å²) in [5.41, 5.74) is 4.70. The molecule has 0 N–H and O–H groups in total. The lowest BCUT2D eigenvalue weighted by atomic mass is 9.77. The largest absolute Gasteiger partial charge is 0.494 e. The smallest absolute Gasteiger partial charge is 0.490 e. The maximum atomic E-state index is 13.1. The summed E-state index contributed by atoms with van der Waals surface area (Å²) in [5, 5.41) is 0.977. The maximum absolute atomic E-state index is 13.1. The molecular weight excluding hydrogens is 664 g/mol. The van der Waals surface area contributed by atoms with Crippen molar-refractivity contribution in [2.24, 2.45) is 5.41 Å². The minimum absolute atomic E-state index is 0.219. The highest BCUT2D eigenvalue weighted by molar-refractivity contribution is 6.62. The summed E-state index contributed by atoms with van der Waals surface area (Å²) in [6, 6.07) is 6.23. The Kier molecular flexibility index (Phi) is 9.97. The van der Waals surface area contributed by atoms with Gasteiger partial charge in [0, 0.05) is 56.6 Å². The van der Waals surface area contributed by atoms with Crippen LogP contribution in [-0.4, -0.2) is 98.0 Å². The predicted octanol–water partition coefficient (Wildman–Crippen LogP) is 5.92. The van der Waals surface area contributed by atoms with Gasteiger partial charge in [0.2, 0.25) is 0 Å². The molecule has 3 aliphatic rings. The second kappa shape index (κ2) is 13.6. The van der Waals surface area contributed by atoms with Crippen LogP contribution >= 0.6 is 0 Å². The molecule has 0 aliphatic carbocycles. The standard InChI is InChI=1S/C37H50BF3N4O6/c1-23(47-9)31-28(18-26(20-42-31)44-12-10-43(11-13-44)21-37(39,40)41)32-29(19-34(3,4)22-49-24(2)46)27-16-25(17-30-33(27)45(32)14-15-48-30)38-50-35(5,6)36(7,8)51-38/h16-18,20,23H,10-15,19,21-22H2,1-9H3/t23-/m0/s1. The van der Waals surface area contributed by atoms with Gasteiger partial charge in [-0.25, -0.2) is 0 Å². The molecule has 0 amide bonds. The minimum atomic E-state index is -4.24. The van der Waals surface area contributed by atoms with E-state index in [0.717, 1.165) is 50.3 Å². The van der Waals surface area contributed by atoms with E-state index in [-0.39, 0.29) is 18.7 Å². The zero-order valence-corrected chi connectivity index (χ0v) is 31.2. The highest BCUT2D eigenvalue weighted by Crippen LogP contribution is 2.45. The number of esters is 1. The van der Waals surface area contributed by atoms with E-state index in [1.165, 1.54) is 11.8 Å². The second-order valence-corrected chi connectivity index (χ2v) is 15.8. The van der Waals surface area contributed by atoms with Crippen molar-refractivity contribution in [3.8, 4) is 17.0 Å². The molecule has 5 heterocycles. The molecular formula is C37H50BF3N4O6. The number of pyridine rings is 1. The van der Waals surface area contributed by atoms with Crippen molar-refractivity contribution in [1.82, 2.24) is 14.5 Å². The van der Waals surface area contributed by atoms with Crippen molar-refractivity contribution in [3.63, 3.8) is 0 Å². The van der Waals surface area contributed by atoms with Crippen LogP contribution in [0.5, 0.6) is 5.75 Å². The predicted molar refractivity (Wildman–Crippen MR) is 191 cm³/mol. The summed E-state index contributed by atoms with van der Waals surface area (Å²) < 4.78 is 72.4. The van der Waals surface area contributed by atoms with Crippen molar-refractivity contribution < 1.29 is 41.5 Å². The number of carbonyl (C=O) groups is 1. The van der Waals surface area contributed by atoms with Crippen LogP contribution in [0.25, 0.3) is 22.2 Å². The molecule has 2 fully saturated rings. The molecule has 0 bridgehead atoms.